The second kappa shape index (κ2) is 7.26. The van der Waals surface area contributed by atoms with Crippen LogP contribution in [0.15, 0.2) is 65.2 Å². The maximum Gasteiger partial charge on any atom is 0.145 e. The Morgan fingerprint density at radius 1 is 1.00 bits per heavy atom. The first-order valence-corrected chi connectivity index (χ1v) is 10.4. The van der Waals surface area contributed by atoms with Gasteiger partial charge in [-0.1, -0.05) is 41.4 Å². The molecule has 0 fully saturated rings. The van der Waals surface area contributed by atoms with Crippen molar-refractivity contribution in [3.8, 4) is 16.4 Å². The molecule has 0 aliphatic carbocycles. The molecule has 0 amide bonds. The van der Waals surface area contributed by atoms with Gasteiger partial charge < -0.3 is 14.5 Å². The van der Waals surface area contributed by atoms with E-state index in [1.807, 2.05) is 42.5 Å². The number of ether oxygens (including phenoxy) is 1. The number of aromatic nitrogens is 1. The predicted octanol–water partition coefficient (Wildman–Crippen LogP) is 7.77. The van der Waals surface area contributed by atoms with Crippen LogP contribution in [0.25, 0.3) is 31.8 Å². The maximum atomic E-state index is 6.38. The van der Waals surface area contributed by atoms with Crippen LogP contribution in [0.2, 0.25) is 10.0 Å². The third-order valence-corrected chi connectivity index (χ3v) is 6.37. The number of hydrogen-bond acceptors (Lipinski definition) is 5. The number of hydrogen-bond donors (Lipinski definition) is 1. The lowest BCUT2D eigenvalue weighted by atomic mass is 10.2. The van der Waals surface area contributed by atoms with E-state index in [4.69, 9.17) is 32.4 Å². The molecule has 29 heavy (non-hydrogen) atoms. The lowest BCUT2D eigenvalue weighted by Gasteiger charge is -2.12. The Morgan fingerprint density at radius 2 is 1.86 bits per heavy atom. The fourth-order valence-electron chi connectivity index (χ4n) is 3.19. The van der Waals surface area contributed by atoms with E-state index in [-0.39, 0.29) is 0 Å². The quantitative estimate of drug-likeness (QED) is 0.310. The van der Waals surface area contributed by atoms with Crippen LogP contribution in [0, 0.1) is 0 Å². The highest BCUT2D eigenvalue weighted by atomic mass is 35.5. The minimum atomic E-state index is 0.464. The van der Waals surface area contributed by atoms with Gasteiger partial charge in [-0.25, -0.2) is 0 Å². The van der Waals surface area contributed by atoms with Crippen molar-refractivity contribution < 1.29 is 9.15 Å². The SMILES string of the molecule is COc1cc(Nc2ccnc3cc(-c4cc5ccccc5o4)sc23)c(Cl)cc1Cl. The van der Waals surface area contributed by atoms with Crippen molar-refractivity contribution >= 4 is 67.1 Å². The summed E-state index contributed by atoms with van der Waals surface area (Å²) in [5, 5.41) is 5.43. The van der Waals surface area contributed by atoms with Crippen LogP contribution in [0.1, 0.15) is 0 Å². The summed E-state index contributed by atoms with van der Waals surface area (Å²) in [6.45, 7) is 0. The molecule has 0 aliphatic rings. The van der Waals surface area contributed by atoms with E-state index in [0.717, 1.165) is 37.5 Å². The number of para-hydroxylation sites is 1. The Balaban J connectivity index is 1.57. The summed E-state index contributed by atoms with van der Waals surface area (Å²) < 4.78 is 12.3. The number of pyridine rings is 1. The Hall–Kier alpha value is -2.73. The van der Waals surface area contributed by atoms with Crippen LogP contribution in [0.4, 0.5) is 11.4 Å². The first kappa shape index (κ1) is 18.3. The molecular formula is C22H14Cl2N2O2S. The predicted molar refractivity (Wildman–Crippen MR) is 121 cm³/mol. The Bertz CT molecular complexity index is 1330. The number of rotatable bonds is 4. The molecule has 3 aromatic heterocycles. The molecule has 7 heteroatoms. The largest absolute Gasteiger partial charge is 0.495 e. The van der Waals surface area contributed by atoms with Crippen molar-refractivity contribution in [1.82, 2.24) is 4.98 Å². The number of furan rings is 1. The van der Waals surface area contributed by atoms with E-state index >= 15 is 0 Å². The normalized spacial score (nSPS) is 11.3. The monoisotopic (exact) mass is 440 g/mol. The lowest BCUT2D eigenvalue weighted by Crippen LogP contribution is -1.94. The van der Waals surface area contributed by atoms with Gasteiger partial charge in [0.2, 0.25) is 0 Å². The molecule has 144 valence electrons. The van der Waals surface area contributed by atoms with E-state index in [9.17, 15) is 0 Å². The molecule has 0 atom stereocenters. The van der Waals surface area contributed by atoms with Crippen LogP contribution in [-0.2, 0) is 0 Å². The molecular weight excluding hydrogens is 427 g/mol. The molecule has 0 unspecified atom stereocenters. The van der Waals surface area contributed by atoms with Crippen molar-refractivity contribution in [3.63, 3.8) is 0 Å². The zero-order valence-electron chi connectivity index (χ0n) is 15.2. The van der Waals surface area contributed by atoms with Gasteiger partial charge in [0.05, 0.1) is 43.6 Å². The highest BCUT2D eigenvalue weighted by Gasteiger charge is 2.14. The van der Waals surface area contributed by atoms with Crippen LogP contribution in [0.5, 0.6) is 5.75 Å². The Kier molecular flexibility index (Phi) is 4.59. The molecule has 0 bridgehead atoms. The minimum absolute atomic E-state index is 0.464. The molecule has 5 aromatic rings. The smallest absolute Gasteiger partial charge is 0.145 e. The minimum Gasteiger partial charge on any atom is -0.495 e. The number of halogens is 2. The Labute approximate surface area is 180 Å². The second-order valence-corrected chi connectivity index (χ2v) is 8.29. The standard InChI is InChI=1S/C22H14Cl2N2O2S/c1-27-19-10-16(13(23)9-14(19)24)26-15-6-7-25-17-11-21(29-22(15)17)20-8-12-4-2-3-5-18(12)28-20/h2-11H,1H3,(H,25,26). The molecule has 0 spiro atoms. The van der Waals surface area contributed by atoms with Crippen LogP contribution in [-0.4, -0.2) is 12.1 Å². The second-order valence-electron chi connectivity index (χ2n) is 6.42. The highest BCUT2D eigenvalue weighted by Crippen LogP contribution is 2.41. The van der Waals surface area contributed by atoms with Crippen molar-refractivity contribution in [2.75, 3.05) is 12.4 Å². The first-order valence-electron chi connectivity index (χ1n) is 8.80. The molecule has 3 heterocycles. The number of thiophene rings is 1. The number of fused-ring (bicyclic) bond motifs is 2. The fraction of sp³-hybridized carbons (Fsp3) is 0.0455. The molecule has 0 aliphatic heterocycles. The molecule has 0 radical (unpaired) electrons. The summed E-state index contributed by atoms with van der Waals surface area (Å²) in [5.74, 6) is 1.38. The van der Waals surface area contributed by atoms with Gasteiger partial charge in [-0.2, -0.15) is 0 Å². The molecule has 0 saturated heterocycles. The zero-order chi connectivity index (χ0) is 20.0. The highest BCUT2D eigenvalue weighted by molar-refractivity contribution is 7.22. The van der Waals surface area contributed by atoms with E-state index in [1.54, 1.807) is 36.8 Å². The van der Waals surface area contributed by atoms with E-state index < -0.39 is 0 Å². The molecule has 5 rings (SSSR count). The van der Waals surface area contributed by atoms with Gasteiger partial charge in [0.1, 0.15) is 17.1 Å². The van der Waals surface area contributed by atoms with E-state index in [0.29, 0.717) is 21.5 Å². The van der Waals surface area contributed by atoms with Gasteiger partial charge in [-0.05, 0) is 30.3 Å². The van der Waals surface area contributed by atoms with E-state index in [1.165, 1.54) is 0 Å². The average Bonchev–Trinajstić information content (AvgIpc) is 3.34. The Morgan fingerprint density at radius 3 is 2.69 bits per heavy atom. The number of anilines is 2. The third-order valence-electron chi connectivity index (χ3n) is 4.59. The third kappa shape index (κ3) is 3.31. The molecule has 1 N–H and O–H groups in total. The van der Waals surface area contributed by atoms with Gasteiger partial charge in [0.15, 0.2) is 0 Å². The van der Waals surface area contributed by atoms with Crippen LogP contribution >= 0.6 is 34.5 Å². The summed E-state index contributed by atoms with van der Waals surface area (Å²) in [6, 6.07) is 17.4. The number of nitrogens with one attached hydrogen (secondary N) is 1. The summed E-state index contributed by atoms with van der Waals surface area (Å²) >= 11 is 14.1. The van der Waals surface area contributed by atoms with Crippen molar-refractivity contribution in [2.24, 2.45) is 0 Å². The number of benzene rings is 2. The maximum absolute atomic E-state index is 6.38. The van der Waals surface area contributed by atoms with Gasteiger partial charge in [0, 0.05) is 17.6 Å². The number of methoxy groups -OCH3 is 1. The van der Waals surface area contributed by atoms with Crippen LogP contribution in [0.3, 0.4) is 0 Å². The van der Waals surface area contributed by atoms with Gasteiger partial charge in [-0.15, -0.1) is 11.3 Å². The molecule has 4 nitrogen and oxygen atoms in total. The van der Waals surface area contributed by atoms with E-state index in [2.05, 4.69) is 10.3 Å². The van der Waals surface area contributed by atoms with Gasteiger partial charge in [0.25, 0.3) is 0 Å². The van der Waals surface area contributed by atoms with Crippen molar-refractivity contribution in [3.05, 3.63) is 70.8 Å². The topological polar surface area (TPSA) is 47.3 Å². The number of nitrogens with zero attached hydrogens (tertiary/aromatic N) is 1. The van der Waals surface area contributed by atoms with Crippen LogP contribution < -0.4 is 10.1 Å². The van der Waals surface area contributed by atoms with Gasteiger partial charge in [-0.3, -0.25) is 4.98 Å². The van der Waals surface area contributed by atoms with Crippen molar-refractivity contribution in [2.45, 2.75) is 0 Å². The van der Waals surface area contributed by atoms with Gasteiger partial charge >= 0.3 is 0 Å². The molecule has 2 aromatic carbocycles. The summed E-state index contributed by atoms with van der Waals surface area (Å²) in [6.07, 6.45) is 1.76. The first-order chi connectivity index (χ1) is 14.1. The molecule has 0 saturated carbocycles. The fourth-order valence-corrected chi connectivity index (χ4v) is 4.73. The van der Waals surface area contributed by atoms with Crippen molar-refractivity contribution in [1.29, 1.82) is 0 Å². The zero-order valence-corrected chi connectivity index (χ0v) is 17.5. The lowest BCUT2D eigenvalue weighted by molar-refractivity contribution is 0.415. The summed E-state index contributed by atoms with van der Waals surface area (Å²) in [5.41, 5.74) is 3.35. The summed E-state index contributed by atoms with van der Waals surface area (Å²) in [7, 11) is 1.57. The average molecular weight is 441 g/mol. The summed E-state index contributed by atoms with van der Waals surface area (Å²) in [4.78, 5) is 5.52.